The number of aryl methyl sites for hydroxylation is 1. The molecule has 2 heterocycles. The van der Waals surface area contributed by atoms with Gasteiger partial charge in [-0.15, -0.1) is 10.2 Å². The van der Waals surface area contributed by atoms with Gasteiger partial charge in [0.2, 0.25) is 5.91 Å². The van der Waals surface area contributed by atoms with Gasteiger partial charge in [0.1, 0.15) is 11.9 Å². The minimum Gasteiger partial charge on any atom is -0.355 e. The number of rotatable bonds is 8. The fraction of sp³-hybridized carbons (Fsp3) is 0.615. The Kier molecular flexibility index (Phi) is 5.97. The first kappa shape index (κ1) is 17.3. The molecule has 1 saturated heterocycles. The summed E-state index contributed by atoms with van der Waals surface area (Å²) in [5.41, 5.74) is 0. The molecule has 9 nitrogen and oxygen atoms in total. The summed E-state index contributed by atoms with van der Waals surface area (Å²) >= 11 is 1.53. The van der Waals surface area contributed by atoms with Gasteiger partial charge in [-0.25, -0.2) is 4.79 Å². The lowest BCUT2D eigenvalue weighted by Gasteiger charge is -2.08. The molecule has 4 amide bonds. The number of hydrogen-bond acceptors (Lipinski definition) is 6. The Bertz CT molecular complexity index is 603. The lowest BCUT2D eigenvalue weighted by atomic mass is 10.1. The molecule has 0 aromatic carbocycles. The summed E-state index contributed by atoms with van der Waals surface area (Å²) in [4.78, 5) is 34.0. The number of carbonyl (C=O) groups excluding carboxylic acids is 3. The van der Waals surface area contributed by atoms with Gasteiger partial charge in [0.25, 0.3) is 5.91 Å². The van der Waals surface area contributed by atoms with E-state index < -0.39 is 12.1 Å². The van der Waals surface area contributed by atoms with Crippen molar-refractivity contribution in [2.45, 2.75) is 44.4 Å². The van der Waals surface area contributed by atoms with Crippen LogP contribution in [0.15, 0.2) is 5.16 Å². The van der Waals surface area contributed by atoms with Crippen molar-refractivity contribution >= 4 is 29.6 Å². The molecule has 1 fully saturated rings. The van der Waals surface area contributed by atoms with E-state index in [1.807, 2.05) is 18.4 Å². The van der Waals surface area contributed by atoms with Gasteiger partial charge in [-0.3, -0.25) is 14.9 Å². The Morgan fingerprint density at radius 3 is 2.83 bits per heavy atom. The second kappa shape index (κ2) is 7.95. The van der Waals surface area contributed by atoms with E-state index >= 15 is 0 Å². The third-order valence-electron chi connectivity index (χ3n) is 3.39. The van der Waals surface area contributed by atoms with E-state index in [4.69, 9.17) is 0 Å². The van der Waals surface area contributed by atoms with E-state index in [1.54, 1.807) is 0 Å². The number of imide groups is 1. The summed E-state index contributed by atoms with van der Waals surface area (Å²) in [6, 6.07) is -1.12. The standard InChI is InChI=1S/C13H20N6O3S/c1-3-19-8(2)17-18-13(19)23-7-6-14-10(20)5-4-9-11(21)16-12(22)15-9/h9H,3-7H2,1-2H3,(H,14,20)(H2,15,16,21,22)/t9-/m1/s1. The molecule has 1 aliphatic heterocycles. The minimum absolute atomic E-state index is 0.146. The van der Waals surface area contributed by atoms with Crippen molar-refractivity contribution in [3.63, 3.8) is 0 Å². The summed E-state index contributed by atoms with van der Waals surface area (Å²) < 4.78 is 2.01. The van der Waals surface area contributed by atoms with Gasteiger partial charge in [-0.05, 0) is 20.3 Å². The Hall–Kier alpha value is -2.10. The topological polar surface area (TPSA) is 118 Å². The molecule has 1 aromatic rings. The van der Waals surface area contributed by atoms with Crippen molar-refractivity contribution in [1.82, 2.24) is 30.7 Å². The van der Waals surface area contributed by atoms with Crippen LogP contribution in [0, 0.1) is 6.92 Å². The van der Waals surface area contributed by atoms with Gasteiger partial charge in [-0.2, -0.15) is 0 Å². The van der Waals surface area contributed by atoms with Crippen LogP contribution in [0.4, 0.5) is 4.79 Å². The Morgan fingerprint density at radius 1 is 1.39 bits per heavy atom. The largest absolute Gasteiger partial charge is 0.355 e. The molecule has 3 N–H and O–H groups in total. The van der Waals surface area contributed by atoms with E-state index in [-0.39, 0.29) is 18.2 Å². The molecule has 0 aliphatic carbocycles. The van der Waals surface area contributed by atoms with Gasteiger partial charge in [0.05, 0.1) is 0 Å². The fourth-order valence-corrected chi connectivity index (χ4v) is 3.09. The molecule has 0 radical (unpaired) electrons. The van der Waals surface area contributed by atoms with E-state index in [2.05, 4.69) is 26.1 Å². The maximum atomic E-state index is 11.7. The van der Waals surface area contributed by atoms with Crippen molar-refractivity contribution in [1.29, 1.82) is 0 Å². The van der Waals surface area contributed by atoms with Crippen LogP contribution in [0.25, 0.3) is 0 Å². The summed E-state index contributed by atoms with van der Waals surface area (Å²) in [6.07, 6.45) is 0.479. The van der Waals surface area contributed by atoms with Gasteiger partial charge in [0.15, 0.2) is 5.16 Å². The molecule has 0 saturated carbocycles. The van der Waals surface area contributed by atoms with Crippen molar-refractivity contribution in [2.24, 2.45) is 0 Å². The second-order valence-corrected chi connectivity index (χ2v) is 6.09. The number of nitrogens with zero attached hydrogens (tertiary/aromatic N) is 3. The third kappa shape index (κ3) is 4.68. The molecule has 10 heteroatoms. The number of thioether (sulfide) groups is 1. The first-order valence-corrected chi connectivity index (χ1v) is 8.40. The maximum absolute atomic E-state index is 11.7. The number of carbonyl (C=O) groups is 3. The number of nitrogens with one attached hydrogen (secondary N) is 3. The normalized spacial score (nSPS) is 17.0. The highest BCUT2D eigenvalue weighted by Gasteiger charge is 2.29. The quantitative estimate of drug-likeness (QED) is 0.343. The van der Waals surface area contributed by atoms with Crippen molar-refractivity contribution in [3.8, 4) is 0 Å². The number of urea groups is 1. The SMILES string of the molecule is CCn1c(C)nnc1SCCNC(=O)CC[C@H]1NC(=O)NC1=O. The number of aromatic nitrogens is 3. The first-order chi connectivity index (χ1) is 11.0. The zero-order valence-electron chi connectivity index (χ0n) is 13.1. The Balaban J connectivity index is 1.63. The molecule has 23 heavy (non-hydrogen) atoms. The average molecular weight is 340 g/mol. The molecule has 0 bridgehead atoms. The highest BCUT2D eigenvalue weighted by atomic mass is 32.2. The monoisotopic (exact) mass is 340 g/mol. The van der Waals surface area contributed by atoms with Gasteiger partial charge < -0.3 is 15.2 Å². The van der Waals surface area contributed by atoms with Crippen LogP contribution >= 0.6 is 11.8 Å². The Morgan fingerprint density at radius 2 is 2.17 bits per heavy atom. The molecular weight excluding hydrogens is 320 g/mol. The van der Waals surface area contributed by atoms with E-state index in [9.17, 15) is 14.4 Å². The van der Waals surface area contributed by atoms with Crippen LogP contribution in [0.3, 0.4) is 0 Å². The van der Waals surface area contributed by atoms with Crippen molar-refractivity contribution < 1.29 is 14.4 Å². The van der Waals surface area contributed by atoms with E-state index in [0.717, 1.165) is 17.5 Å². The first-order valence-electron chi connectivity index (χ1n) is 7.42. The number of amides is 4. The molecular formula is C13H20N6O3S. The van der Waals surface area contributed by atoms with Crippen LogP contribution in [-0.2, 0) is 16.1 Å². The molecule has 1 aliphatic rings. The van der Waals surface area contributed by atoms with Crippen LogP contribution in [0.1, 0.15) is 25.6 Å². The molecule has 1 atom stereocenters. The Labute approximate surface area is 138 Å². The molecule has 126 valence electrons. The predicted molar refractivity (Wildman–Crippen MR) is 83.9 cm³/mol. The summed E-state index contributed by atoms with van der Waals surface area (Å²) in [5.74, 6) is 1.03. The van der Waals surface area contributed by atoms with Crippen molar-refractivity contribution in [2.75, 3.05) is 12.3 Å². The zero-order chi connectivity index (χ0) is 16.8. The van der Waals surface area contributed by atoms with E-state index in [0.29, 0.717) is 18.7 Å². The molecule has 2 rings (SSSR count). The van der Waals surface area contributed by atoms with Gasteiger partial charge >= 0.3 is 6.03 Å². The summed E-state index contributed by atoms with van der Waals surface area (Å²) in [7, 11) is 0. The smallest absolute Gasteiger partial charge is 0.322 e. The van der Waals surface area contributed by atoms with Crippen molar-refractivity contribution in [3.05, 3.63) is 5.82 Å². The lowest BCUT2D eigenvalue weighted by Crippen LogP contribution is -2.32. The van der Waals surface area contributed by atoms with Crippen LogP contribution in [0.2, 0.25) is 0 Å². The summed E-state index contributed by atoms with van der Waals surface area (Å²) in [5, 5.41) is 16.3. The fourth-order valence-electron chi connectivity index (χ4n) is 2.19. The maximum Gasteiger partial charge on any atom is 0.322 e. The third-order valence-corrected chi connectivity index (χ3v) is 4.36. The lowest BCUT2D eigenvalue weighted by molar-refractivity contribution is -0.122. The minimum atomic E-state index is -0.617. The second-order valence-electron chi connectivity index (χ2n) is 5.03. The van der Waals surface area contributed by atoms with E-state index in [1.165, 1.54) is 11.8 Å². The summed E-state index contributed by atoms with van der Waals surface area (Å²) in [6.45, 7) is 5.24. The average Bonchev–Trinajstić information content (AvgIpc) is 3.03. The zero-order valence-corrected chi connectivity index (χ0v) is 13.9. The van der Waals surface area contributed by atoms with Crippen LogP contribution in [0.5, 0.6) is 0 Å². The molecule has 1 aromatic heterocycles. The predicted octanol–water partition coefficient (Wildman–Crippen LogP) is -0.197. The van der Waals surface area contributed by atoms with Crippen LogP contribution < -0.4 is 16.0 Å². The molecule has 0 spiro atoms. The molecule has 0 unspecified atom stereocenters. The highest BCUT2D eigenvalue weighted by molar-refractivity contribution is 7.99. The number of hydrogen-bond donors (Lipinski definition) is 3. The highest BCUT2D eigenvalue weighted by Crippen LogP contribution is 2.15. The van der Waals surface area contributed by atoms with Crippen LogP contribution in [-0.4, -0.2) is 50.9 Å². The van der Waals surface area contributed by atoms with Gasteiger partial charge in [-0.1, -0.05) is 11.8 Å². The van der Waals surface area contributed by atoms with Gasteiger partial charge in [0, 0.05) is 25.3 Å².